The molecule has 0 aromatic heterocycles. The average molecular weight is 568 g/mol. The maximum atomic E-state index is 14.9. The SMILES string of the molecule is CCCC1CCC(c2ccc([B]C(=O)OC(=O)[B]c3ccc(C4CCC(CCC)CC4)c(F)c3F)c(F)c2F)CC1. The Morgan fingerprint density at radius 2 is 1.00 bits per heavy atom. The largest absolute Gasteiger partial charge is 0.411 e. The van der Waals surface area contributed by atoms with Gasteiger partial charge in [0.05, 0.1) is 0 Å². The molecule has 218 valence electrons. The second-order valence-electron chi connectivity index (χ2n) is 11.8. The van der Waals surface area contributed by atoms with Crippen molar-refractivity contribution in [3.8, 4) is 0 Å². The number of hydrogen-bond acceptors (Lipinski definition) is 3. The Morgan fingerprint density at radius 1 is 0.634 bits per heavy atom. The molecule has 2 aromatic rings. The molecule has 0 aliphatic heterocycles. The van der Waals surface area contributed by atoms with Crippen molar-refractivity contribution in [3.63, 3.8) is 0 Å². The predicted molar refractivity (Wildman–Crippen MR) is 155 cm³/mol. The summed E-state index contributed by atoms with van der Waals surface area (Å²) in [6, 6.07) is 5.55. The molecule has 2 radical (unpaired) electrons. The number of benzene rings is 2. The fourth-order valence-electron chi connectivity index (χ4n) is 6.76. The molecule has 0 atom stereocenters. The third-order valence-corrected chi connectivity index (χ3v) is 9.00. The highest BCUT2D eigenvalue weighted by Crippen LogP contribution is 2.39. The highest BCUT2D eigenvalue weighted by atomic mass is 19.2. The molecule has 0 saturated heterocycles. The van der Waals surface area contributed by atoms with Crippen molar-refractivity contribution in [1.29, 1.82) is 0 Å². The highest BCUT2D eigenvalue weighted by molar-refractivity contribution is 6.87. The third-order valence-electron chi connectivity index (χ3n) is 9.00. The molecule has 2 aromatic carbocycles. The van der Waals surface area contributed by atoms with Crippen molar-refractivity contribution in [3.05, 3.63) is 58.7 Å². The van der Waals surface area contributed by atoms with Crippen LogP contribution in [-0.2, 0) is 4.74 Å². The standard InChI is InChI=1S/C32H38B2F4O3/c1-3-5-19-7-11-21(12-8-19)23-15-17-25(29(37)27(23)35)33-31(39)41-32(40)34-26-18-16-24(28(36)30(26)38)22-13-9-20(6-4-2)10-14-22/h15-22H,3-14H2,1-2H3. The van der Waals surface area contributed by atoms with Gasteiger partial charge in [-0.25, -0.2) is 17.6 Å². The number of halogens is 4. The molecule has 2 aliphatic carbocycles. The van der Waals surface area contributed by atoms with Gasteiger partial charge in [-0.05, 0) is 97.1 Å². The Bertz CT molecular complexity index is 1130. The normalized spacial score (nSPS) is 22.7. The van der Waals surface area contributed by atoms with Crippen LogP contribution in [0.2, 0.25) is 0 Å². The van der Waals surface area contributed by atoms with Gasteiger partial charge in [-0.15, -0.1) is 0 Å². The third kappa shape index (κ3) is 7.84. The zero-order chi connectivity index (χ0) is 29.5. The van der Waals surface area contributed by atoms with Gasteiger partial charge in [0.2, 0.25) is 0 Å². The number of carbonyl (C=O) groups excluding carboxylic acids is 2. The quantitative estimate of drug-likeness (QED) is 0.166. The molecule has 3 nitrogen and oxygen atoms in total. The van der Waals surface area contributed by atoms with Gasteiger partial charge in [-0.2, -0.15) is 0 Å². The minimum Gasteiger partial charge on any atom is -0.411 e. The summed E-state index contributed by atoms with van der Waals surface area (Å²) in [4.78, 5) is 24.5. The van der Waals surface area contributed by atoms with Crippen LogP contribution in [0.25, 0.3) is 0 Å². The molecule has 41 heavy (non-hydrogen) atoms. The van der Waals surface area contributed by atoms with Crippen LogP contribution in [0.5, 0.6) is 0 Å². The minimum absolute atomic E-state index is 0.0763. The van der Waals surface area contributed by atoms with E-state index >= 15 is 0 Å². The van der Waals surface area contributed by atoms with Gasteiger partial charge in [0.25, 0.3) is 11.7 Å². The number of carbonyl (C=O) groups is 2. The maximum absolute atomic E-state index is 14.9. The summed E-state index contributed by atoms with van der Waals surface area (Å²) in [5.74, 6) is -5.74. The monoisotopic (exact) mass is 568 g/mol. The molecule has 9 heteroatoms. The summed E-state index contributed by atoms with van der Waals surface area (Å²) in [6.45, 7) is 4.28. The van der Waals surface area contributed by atoms with E-state index in [2.05, 4.69) is 18.6 Å². The topological polar surface area (TPSA) is 43.4 Å². The highest BCUT2D eigenvalue weighted by Gasteiger charge is 2.29. The second kappa shape index (κ2) is 14.6. The Kier molecular flexibility index (Phi) is 11.1. The van der Waals surface area contributed by atoms with Crippen LogP contribution in [0.3, 0.4) is 0 Å². The molecule has 2 saturated carbocycles. The van der Waals surface area contributed by atoms with Crippen molar-refractivity contribution in [2.24, 2.45) is 11.8 Å². The summed E-state index contributed by atoms with van der Waals surface area (Å²) in [6.07, 6.45) is 11.6. The van der Waals surface area contributed by atoms with Crippen LogP contribution in [0.4, 0.5) is 27.2 Å². The van der Waals surface area contributed by atoms with Crippen LogP contribution in [0.1, 0.15) is 114 Å². The van der Waals surface area contributed by atoms with Crippen LogP contribution in [0, 0.1) is 35.1 Å². The predicted octanol–water partition coefficient (Wildman–Crippen LogP) is 8.01. The first kappa shape index (κ1) is 31.4. The summed E-state index contributed by atoms with van der Waals surface area (Å²) >= 11 is 0. The van der Waals surface area contributed by atoms with Crippen LogP contribution in [0.15, 0.2) is 24.3 Å². The van der Waals surface area contributed by atoms with Crippen molar-refractivity contribution in [2.45, 2.75) is 103 Å². The van der Waals surface area contributed by atoms with Crippen molar-refractivity contribution in [1.82, 2.24) is 0 Å². The van der Waals surface area contributed by atoms with E-state index < -0.39 is 35.0 Å². The number of hydrogen-bond donors (Lipinski definition) is 0. The fraction of sp³-hybridized carbons (Fsp3) is 0.562. The summed E-state index contributed by atoms with van der Waals surface area (Å²) < 4.78 is 64.1. The molecule has 0 amide bonds. The lowest BCUT2D eigenvalue weighted by Crippen LogP contribution is -2.34. The smallest absolute Gasteiger partial charge is 0.303 e. The zero-order valence-corrected chi connectivity index (χ0v) is 24.0. The molecule has 0 unspecified atom stereocenters. The Morgan fingerprint density at radius 3 is 1.34 bits per heavy atom. The lowest BCUT2D eigenvalue weighted by atomic mass is 9.67. The van der Waals surface area contributed by atoms with Crippen LogP contribution >= 0.6 is 0 Å². The molecule has 0 N–H and O–H groups in total. The average Bonchev–Trinajstić information content (AvgIpc) is 2.95. The fourth-order valence-corrected chi connectivity index (χ4v) is 6.76. The van der Waals surface area contributed by atoms with Gasteiger partial charge >= 0.3 is 14.6 Å². The summed E-state index contributed by atoms with van der Waals surface area (Å²) in [7, 11) is 1.36. The Balaban J connectivity index is 1.32. The van der Waals surface area contributed by atoms with E-state index in [4.69, 9.17) is 0 Å². The molecular formula is C32H38B2F4O3. The maximum Gasteiger partial charge on any atom is 0.303 e. The first-order chi connectivity index (χ1) is 19.7. The Labute approximate surface area is 242 Å². The molecule has 0 heterocycles. The summed E-state index contributed by atoms with van der Waals surface area (Å²) in [5.41, 5.74) is -0.109. The van der Waals surface area contributed by atoms with Crippen molar-refractivity contribution < 1.29 is 31.9 Å². The van der Waals surface area contributed by atoms with Crippen LogP contribution < -0.4 is 10.9 Å². The zero-order valence-electron chi connectivity index (χ0n) is 24.0. The van der Waals surface area contributed by atoms with Gasteiger partial charge in [-0.3, -0.25) is 9.59 Å². The van der Waals surface area contributed by atoms with Gasteiger partial charge < -0.3 is 4.74 Å². The van der Waals surface area contributed by atoms with Crippen LogP contribution in [-0.4, -0.2) is 26.3 Å². The van der Waals surface area contributed by atoms with E-state index in [1.54, 1.807) is 0 Å². The van der Waals surface area contributed by atoms with Gasteiger partial charge in [0, 0.05) is 0 Å². The molecule has 2 aliphatic rings. The molecular weight excluding hydrogens is 530 g/mol. The molecule has 4 rings (SSSR count). The van der Waals surface area contributed by atoms with Gasteiger partial charge in [-0.1, -0.05) is 63.8 Å². The summed E-state index contributed by atoms with van der Waals surface area (Å²) in [5, 5.41) is 0. The minimum atomic E-state index is -1.24. The van der Waals surface area contributed by atoms with Crippen molar-refractivity contribution in [2.75, 3.05) is 0 Å². The lowest BCUT2D eigenvalue weighted by Gasteiger charge is -2.29. The first-order valence-electron chi connectivity index (χ1n) is 15.1. The van der Waals surface area contributed by atoms with E-state index in [-0.39, 0.29) is 22.8 Å². The Hall–Kier alpha value is -2.57. The first-order valence-corrected chi connectivity index (χ1v) is 15.1. The second-order valence-corrected chi connectivity index (χ2v) is 11.8. The number of rotatable bonds is 10. The van der Waals surface area contributed by atoms with E-state index in [0.717, 1.165) is 77.0 Å². The van der Waals surface area contributed by atoms with E-state index in [1.165, 1.54) is 24.3 Å². The van der Waals surface area contributed by atoms with Gasteiger partial charge in [0.15, 0.2) is 23.3 Å². The molecule has 2 fully saturated rings. The van der Waals surface area contributed by atoms with Crippen molar-refractivity contribution >= 4 is 37.2 Å². The lowest BCUT2D eigenvalue weighted by molar-refractivity contribution is 0.184. The van der Waals surface area contributed by atoms with Gasteiger partial charge in [0.1, 0.15) is 0 Å². The van der Waals surface area contributed by atoms with E-state index in [1.807, 2.05) is 0 Å². The van der Waals surface area contributed by atoms with E-state index in [0.29, 0.717) is 37.5 Å². The van der Waals surface area contributed by atoms with E-state index in [9.17, 15) is 27.2 Å². The number of ether oxygens (including phenoxy) is 1. The molecule has 0 bridgehead atoms. The molecule has 0 spiro atoms.